The van der Waals surface area contributed by atoms with Crippen LogP contribution in [0.5, 0.6) is 0 Å². The van der Waals surface area contributed by atoms with Gasteiger partial charge in [0.05, 0.1) is 0 Å². The molecule has 2 amide bonds. The summed E-state index contributed by atoms with van der Waals surface area (Å²) in [6.45, 7) is 7.16. The van der Waals surface area contributed by atoms with E-state index in [0.717, 1.165) is 32.1 Å². The minimum atomic E-state index is 0.111. The normalized spacial score (nSPS) is 33.9. The van der Waals surface area contributed by atoms with Crippen molar-refractivity contribution in [3.05, 3.63) is 0 Å². The first kappa shape index (κ1) is 11.3. The van der Waals surface area contributed by atoms with Crippen LogP contribution in [0.2, 0.25) is 0 Å². The second-order valence-corrected chi connectivity index (χ2v) is 5.44. The van der Waals surface area contributed by atoms with Crippen LogP contribution in [0.3, 0.4) is 0 Å². The Morgan fingerprint density at radius 3 is 2.94 bits per heavy atom. The van der Waals surface area contributed by atoms with E-state index >= 15 is 0 Å². The van der Waals surface area contributed by atoms with Gasteiger partial charge in [0.15, 0.2) is 0 Å². The van der Waals surface area contributed by atoms with E-state index in [1.807, 2.05) is 4.90 Å². The SMILES string of the molecule is O=C1NCCN1CCN1CC2CCCNC2C1. The first-order valence-corrected chi connectivity index (χ1v) is 6.81. The molecule has 3 heterocycles. The van der Waals surface area contributed by atoms with Crippen molar-refractivity contribution in [2.75, 3.05) is 45.8 Å². The number of fused-ring (bicyclic) bond motifs is 1. The molecule has 96 valence electrons. The Hall–Kier alpha value is -0.810. The Bertz CT molecular complexity index is 282. The van der Waals surface area contributed by atoms with Crippen LogP contribution in [0, 0.1) is 5.92 Å². The van der Waals surface area contributed by atoms with Crippen molar-refractivity contribution in [3.8, 4) is 0 Å². The number of hydrogen-bond acceptors (Lipinski definition) is 3. The van der Waals surface area contributed by atoms with Crippen LogP contribution in [0.1, 0.15) is 12.8 Å². The Balaban J connectivity index is 1.45. The van der Waals surface area contributed by atoms with E-state index in [1.54, 1.807) is 0 Å². The molecule has 2 atom stereocenters. The van der Waals surface area contributed by atoms with Crippen molar-refractivity contribution in [1.29, 1.82) is 0 Å². The predicted molar refractivity (Wildman–Crippen MR) is 65.9 cm³/mol. The first-order valence-electron chi connectivity index (χ1n) is 6.81. The molecule has 0 bridgehead atoms. The molecule has 0 aromatic rings. The molecule has 0 aliphatic carbocycles. The Kier molecular flexibility index (Phi) is 3.20. The molecule has 17 heavy (non-hydrogen) atoms. The maximum Gasteiger partial charge on any atom is 0.317 e. The largest absolute Gasteiger partial charge is 0.336 e. The highest BCUT2D eigenvalue weighted by atomic mass is 16.2. The molecule has 0 spiro atoms. The number of hydrogen-bond donors (Lipinski definition) is 2. The number of carbonyl (C=O) groups excluding carboxylic acids is 1. The number of urea groups is 1. The van der Waals surface area contributed by atoms with E-state index in [2.05, 4.69) is 15.5 Å². The average molecular weight is 238 g/mol. The van der Waals surface area contributed by atoms with Crippen LogP contribution >= 0.6 is 0 Å². The smallest absolute Gasteiger partial charge is 0.317 e. The summed E-state index contributed by atoms with van der Waals surface area (Å²) >= 11 is 0. The minimum absolute atomic E-state index is 0.111. The van der Waals surface area contributed by atoms with Crippen LogP contribution in [-0.4, -0.2) is 67.7 Å². The molecular weight excluding hydrogens is 216 g/mol. The molecule has 3 saturated heterocycles. The standard InChI is InChI=1S/C12H22N4O/c17-12-14-4-5-16(12)7-6-15-8-10-2-1-3-13-11(10)9-15/h10-11,13H,1-9H2,(H,14,17). The van der Waals surface area contributed by atoms with Gasteiger partial charge < -0.3 is 15.5 Å². The van der Waals surface area contributed by atoms with Gasteiger partial charge >= 0.3 is 6.03 Å². The van der Waals surface area contributed by atoms with Gasteiger partial charge in [-0.25, -0.2) is 4.79 Å². The molecule has 0 aromatic carbocycles. The number of rotatable bonds is 3. The van der Waals surface area contributed by atoms with Gasteiger partial charge in [0.25, 0.3) is 0 Å². The Labute approximate surface area is 103 Å². The van der Waals surface area contributed by atoms with E-state index in [1.165, 1.54) is 32.5 Å². The predicted octanol–water partition coefficient (Wildman–Crippen LogP) is -0.305. The van der Waals surface area contributed by atoms with Crippen molar-refractivity contribution in [2.24, 2.45) is 5.92 Å². The van der Waals surface area contributed by atoms with Crippen molar-refractivity contribution in [2.45, 2.75) is 18.9 Å². The molecular formula is C12H22N4O. The van der Waals surface area contributed by atoms with E-state index in [4.69, 9.17) is 0 Å². The second kappa shape index (κ2) is 4.82. The highest BCUT2D eigenvalue weighted by Gasteiger charge is 2.34. The van der Waals surface area contributed by atoms with Crippen LogP contribution in [0.15, 0.2) is 0 Å². The van der Waals surface area contributed by atoms with E-state index in [-0.39, 0.29) is 6.03 Å². The van der Waals surface area contributed by atoms with Crippen molar-refractivity contribution in [3.63, 3.8) is 0 Å². The lowest BCUT2D eigenvalue weighted by Gasteiger charge is -2.24. The molecule has 5 nitrogen and oxygen atoms in total. The lowest BCUT2D eigenvalue weighted by molar-refractivity contribution is 0.207. The van der Waals surface area contributed by atoms with E-state index in [0.29, 0.717) is 6.04 Å². The van der Waals surface area contributed by atoms with Crippen LogP contribution in [-0.2, 0) is 0 Å². The molecule has 2 unspecified atom stereocenters. The summed E-state index contributed by atoms with van der Waals surface area (Å²) in [5.41, 5.74) is 0. The van der Waals surface area contributed by atoms with Gasteiger partial charge in [-0.2, -0.15) is 0 Å². The van der Waals surface area contributed by atoms with E-state index < -0.39 is 0 Å². The van der Waals surface area contributed by atoms with Gasteiger partial charge in [-0.15, -0.1) is 0 Å². The number of likely N-dealkylation sites (tertiary alicyclic amines) is 1. The number of amides is 2. The molecule has 0 aromatic heterocycles. The lowest BCUT2D eigenvalue weighted by atomic mass is 9.94. The molecule has 5 heteroatoms. The van der Waals surface area contributed by atoms with Crippen LogP contribution in [0.4, 0.5) is 4.79 Å². The molecule has 3 fully saturated rings. The molecule has 0 saturated carbocycles. The molecule has 3 aliphatic rings. The third-order valence-corrected chi connectivity index (χ3v) is 4.31. The van der Waals surface area contributed by atoms with Gasteiger partial charge in [0.2, 0.25) is 0 Å². The minimum Gasteiger partial charge on any atom is -0.336 e. The summed E-state index contributed by atoms with van der Waals surface area (Å²) in [4.78, 5) is 15.9. The summed E-state index contributed by atoms with van der Waals surface area (Å²) in [5, 5.41) is 6.46. The zero-order chi connectivity index (χ0) is 11.7. The summed E-state index contributed by atoms with van der Waals surface area (Å²) in [6.07, 6.45) is 2.70. The number of nitrogens with zero attached hydrogens (tertiary/aromatic N) is 2. The summed E-state index contributed by atoms with van der Waals surface area (Å²) in [6, 6.07) is 0.816. The van der Waals surface area contributed by atoms with Gasteiger partial charge in [-0.05, 0) is 25.3 Å². The first-order chi connectivity index (χ1) is 8.33. The molecule has 3 aliphatic heterocycles. The summed E-state index contributed by atoms with van der Waals surface area (Å²) < 4.78 is 0. The fourth-order valence-corrected chi connectivity index (χ4v) is 3.31. The number of piperidine rings is 1. The van der Waals surface area contributed by atoms with Crippen LogP contribution in [0.25, 0.3) is 0 Å². The highest BCUT2D eigenvalue weighted by molar-refractivity contribution is 5.76. The summed E-state index contributed by atoms with van der Waals surface area (Å²) in [5.74, 6) is 0.844. The fourth-order valence-electron chi connectivity index (χ4n) is 3.31. The molecule has 0 radical (unpaired) electrons. The fraction of sp³-hybridized carbons (Fsp3) is 0.917. The highest BCUT2D eigenvalue weighted by Crippen LogP contribution is 2.24. The quantitative estimate of drug-likeness (QED) is 0.709. The van der Waals surface area contributed by atoms with E-state index in [9.17, 15) is 4.79 Å². The third kappa shape index (κ3) is 2.40. The lowest BCUT2D eigenvalue weighted by Crippen LogP contribution is -2.41. The van der Waals surface area contributed by atoms with Crippen molar-refractivity contribution in [1.82, 2.24) is 20.4 Å². The van der Waals surface area contributed by atoms with Gasteiger partial charge in [0, 0.05) is 45.3 Å². The van der Waals surface area contributed by atoms with Crippen molar-refractivity contribution < 1.29 is 4.79 Å². The molecule has 3 rings (SSSR count). The average Bonchev–Trinajstić information content (AvgIpc) is 2.92. The van der Waals surface area contributed by atoms with Crippen LogP contribution < -0.4 is 10.6 Å². The Morgan fingerprint density at radius 1 is 1.24 bits per heavy atom. The maximum absolute atomic E-state index is 11.4. The molecule has 2 N–H and O–H groups in total. The number of carbonyl (C=O) groups is 1. The van der Waals surface area contributed by atoms with Gasteiger partial charge in [-0.1, -0.05) is 0 Å². The zero-order valence-electron chi connectivity index (χ0n) is 10.3. The number of nitrogens with one attached hydrogen (secondary N) is 2. The Morgan fingerprint density at radius 2 is 2.18 bits per heavy atom. The monoisotopic (exact) mass is 238 g/mol. The van der Waals surface area contributed by atoms with Gasteiger partial charge in [-0.3, -0.25) is 4.90 Å². The third-order valence-electron chi connectivity index (χ3n) is 4.31. The topological polar surface area (TPSA) is 47.6 Å². The van der Waals surface area contributed by atoms with Crippen molar-refractivity contribution >= 4 is 6.03 Å². The second-order valence-electron chi connectivity index (χ2n) is 5.44. The zero-order valence-corrected chi connectivity index (χ0v) is 10.3. The van der Waals surface area contributed by atoms with Gasteiger partial charge in [0.1, 0.15) is 0 Å². The maximum atomic E-state index is 11.4. The summed E-state index contributed by atoms with van der Waals surface area (Å²) in [7, 11) is 0.